The molecule has 1 atom stereocenters. The van der Waals surface area contributed by atoms with Crippen LogP contribution in [0.25, 0.3) is 0 Å². The number of nitrogens with one attached hydrogen (secondary N) is 1. The van der Waals surface area contributed by atoms with Crippen LogP contribution in [0.2, 0.25) is 5.15 Å². The van der Waals surface area contributed by atoms with Crippen LogP contribution in [0.4, 0.5) is 16.2 Å². The third-order valence-corrected chi connectivity index (χ3v) is 2.64. The first-order valence-electron chi connectivity index (χ1n) is 5.37. The zero-order chi connectivity index (χ0) is 13.1. The van der Waals surface area contributed by atoms with Crippen molar-refractivity contribution in [1.29, 1.82) is 0 Å². The van der Waals surface area contributed by atoms with Crippen molar-refractivity contribution in [2.45, 2.75) is 13.0 Å². The number of rotatable bonds is 3. The summed E-state index contributed by atoms with van der Waals surface area (Å²) in [7, 11) is 0. The van der Waals surface area contributed by atoms with E-state index in [0.717, 1.165) is 0 Å². The highest BCUT2D eigenvalue weighted by Crippen LogP contribution is 2.22. The van der Waals surface area contributed by atoms with Gasteiger partial charge in [-0.15, -0.1) is 0 Å². The Labute approximate surface area is 109 Å². The first kappa shape index (κ1) is 12.6. The molecule has 0 aliphatic rings. The lowest BCUT2D eigenvalue weighted by atomic mass is 10.1. The topological polar surface area (TPSA) is 63.8 Å². The Hall–Kier alpha value is -1.88. The second kappa shape index (κ2) is 5.18. The molecule has 0 saturated heterocycles. The normalized spacial score (nSPS) is 12.2. The Kier molecular flexibility index (Phi) is 3.62. The van der Waals surface area contributed by atoms with E-state index in [1.165, 1.54) is 12.1 Å². The van der Waals surface area contributed by atoms with Crippen molar-refractivity contribution in [3.63, 3.8) is 0 Å². The van der Waals surface area contributed by atoms with Crippen molar-refractivity contribution in [2.75, 3.05) is 11.1 Å². The lowest BCUT2D eigenvalue weighted by Crippen LogP contribution is -2.10. The molecule has 0 aliphatic carbocycles. The van der Waals surface area contributed by atoms with Gasteiger partial charge in [-0.1, -0.05) is 29.8 Å². The Balaban J connectivity index is 2.21. The van der Waals surface area contributed by atoms with Gasteiger partial charge in [0.05, 0.1) is 6.04 Å². The molecule has 0 radical (unpaired) electrons. The molecule has 1 heterocycles. The van der Waals surface area contributed by atoms with Crippen molar-refractivity contribution >= 4 is 23.4 Å². The number of nitrogen functional groups attached to an aromatic ring is 1. The predicted molar refractivity (Wildman–Crippen MR) is 69.9 cm³/mol. The van der Waals surface area contributed by atoms with E-state index in [4.69, 9.17) is 17.3 Å². The van der Waals surface area contributed by atoms with Crippen molar-refractivity contribution < 1.29 is 4.39 Å². The zero-order valence-electron chi connectivity index (χ0n) is 9.69. The molecule has 2 rings (SSSR count). The van der Waals surface area contributed by atoms with Crippen LogP contribution in [0.5, 0.6) is 0 Å². The quantitative estimate of drug-likeness (QED) is 0.838. The first-order valence-corrected chi connectivity index (χ1v) is 5.75. The maximum Gasteiger partial charge on any atom is 0.223 e. The Bertz CT molecular complexity index is 541. The minimum absolute atomic E-state index is 0.0748. The van der Waals surface area contributed by atoms with Crippen molar-refractivity contribution in [3.05, 3.63) is 46.9 Å². The fourth-order valence-electron chi connectivity index (χ4n) is 1.63. The predicted octanol–water partition coefficient (Wildman–Crippen LogP) is 3.02. The van der Waals surface area contributed by atoms with E-state index in [1.807, 2.05) is 6.92 Å². The van der Waals surface area contributed by atoms with Gasteiger partial charge in [0, 0.05) is 11.6 Å². The van der Waals surface area contributed by atoms with Gasteiger partial charge >= 0.3 is 0 Å². The monoisotopic (exact) mass is 266 g/mol. The van der Waals surface area contributed by atoms with Gasteiger partial charge < -0.3 is 11.1 Å². The van der Waals surface area contributed by atoms with E-state index in [9.17, 15) is 4.39 Å². The van der Waals surface area contributed by atoms with E-state index >= 15 is 0 Å². The zero-order valence-corrected chi connectivity index (χ0v) is 10.4. The molecule has 2 aromatic rings. The Morgan fingerprint density at radius 3 is 2.72 bits per heavy atom. The lowest BCUT2D eigenvalue weighted by Gasteiger charge is -2.15. The molecule has 0 saturated carbocycles. The number of aromatic nitrogens is 2. The van der Waals surface area contributed by atoms with Crippen LogP contribution in [0.1, 0.15) is 18.5 Å². The summed E-state index contributed by atoms with van der Waals surface area (Å²) in [6.45, 7) is 1.82. The molecule has 1 aromatic heterocycles. The molecule has 94 valence electrons. The maximum absolute atomic E-state index is 13.6. The summed E-state index contributed by atoms with van der Waals surface area (Å²) < 4.78 is 13.6. The fraction of sp³-hybridized carbons (Fsp3) is 0.167. The van der Waals surface area contributed by atoms with Crippen LogP contribution in [0.15, 0.2) is 30.3 Å². The number of hydrogen-bond acceptors (Lipinski definition) is 4. The summed E-state index contributed by atoms with van der Waals surface area (Å²) in [4.78, 5) is 7.73. The van der Waals surface area contributed by atoms with Gasteiger partial charge in [-0.2, -0.15) is 4.98 Å². The second-order valence-electron chi connectivity index (χ2n) is 3.82. The number of benzene rings is 1. The maximum atomic E-state index is 13.6. The standard InChI is InChI=1S/C12H12ClFN4/c1-7(8-4-2-3-5-9(8)14)16-11-6-10(13)17-12(15)18-11/h2-7H,1H3,(H3,15,16,17,18). The summed E-state index contributed by atoms with van der Waals surface area (Å²) in [5.41, 5.74) is 6.03. The number of hydrogen-bond donors (Lipinski definition) is 2. The van der Waals surface area contributed by atoms with Crippen LogP contribution in [-0.2, 0) is 0 Å². The average Bonchev–Trinajstić information content (AvgIpc) is 2.27. The minimum atomic E-state index is -0.273. The lowest BCUT2D eigenvalue weighted by molar-refractivity contribution is 0.600. The smallest absolute Gasteiger partial charge is 0.223 e. The van der Waals surface area contributed by atoms with E-state index in [2.05, 4.69) is 15.3 Å². The molecule has 3 N–H and O–H groups in total. The van der Waals surface area contributed by atoms with E-state index < -0.39 is 0 Å². The van der Waals surface area contributed by atoms with E-state index in [0.29, 0.717) is 11.4 Å². The number of halogens is 2. The highest BCUT2D eigenvalue weighted by Gasteiger charge is 2.11. The minimum Gasteiger partial charge on any atom is -0.368 e. The highest BCUT2D eigenvalue weighted by atomic mass is 35.5. The molecule has 6 heteroatoms. The summed E-state index contributed by atoms with van der Waals surface area (Å²) in [6.07, 6.45) is 0. The molecule has 4 nitrogen and oxygen atoms in total. The van der Waals surface area contributed by atoms with Gasteiger partial charge in [0.25, 0.3) is 0 Å². The fourth-order valence-corrected chi connectivity index (χ4v) is 1.82. The number of nitrogens with two attached hydrogens (primary N) is 1. The average molecular weight is 267 g/mol. The summed E-state index contributed by atoms with van der Waals surface area (Å²) in [5.74, 6) is 0.264. The van der Waals surface area contributed by atoms with Crippen molar-refractivity contribution in [1.82, 2.24) is 9.97 Å². The van der Waals surface area contributed by atoms with Crippen LogP contribution >= 0.6 is 11.6 Å². The molecule has 0 bridgehead atoms. The molecular formula is C12H12ClFN4. The van der Waals surface area contributed by atoms with Gasteiger partial charge in [0.2, 0.25) is 5.95 Å². The van der Waals surface area contributed by atoms with Crippen molar-refractivity contribution in [2.24, 2.45) is 0 Å². The molecule has 0 spiro atoms. The number of anilines is 2. The summed E-state index contributed by atoms with van der Waals surface area (Å²) >= 11 is 5.77. The van der Waals surface area contributed by atoms with Gasteiger partial charge in [0.1, 0.15) is 16.8 Å². The van der Waals surface area contributed by atoms with Gasteiger partial charge in [0.15, 0.2) is 0 Å². The molecule has 1 unspecified atom stereocenters. The molecule has 0 fully saturated rings. The second-order valence-corrected chi connectivity index (χ2v) is 4.21. The first-order chi connectivity index (χ1) is 8.56. The Morgan fingerprint density at radius 1 is 1.33 bits per heavy atom. The van der Waals surface area contributed by atoms with E-state index in [-0.39, 0.29) is 23.0 Å². The molecule has 0 aliphatic heterocycles. The highest BCUT2D eigenvalue weighted by molar-refractivity contribution is 6.29. The third-order valence-electron chi connectivity index (χ3n) is 2.45. The van der Waals surface area contributed by atoms with E-state index in [1.54, 1.807) is 18.2 Å². The molecule has 0 amide bonds. The number of nitrogens with zero attached hydrogens (tertiary/aromatic N) is 2. The SMILES string of the molecule is CC(Nc1cc(Cl)nc(N)n1)c1ccccc1F. The van der Waals surface area contributed by atoms with Gasteiger partial charge in [-0.05, 0) is 13.0 Å². The van der Waals surface area contributed by atoms with Gasteiger partial charge in [-0.3, -0.25) is 0 Å². The summed E-state index contributed by atoms with van der Waals surface area (Å²) in [6, 6.07) is 7.82. The van der Waals surface area contributed by atoms with Gasteiger partial charge in [-0.25, -0.2) is 9.37 Å². The molecule has 1 aromatic carbocycles. The third kappa shape index (κ3) is 2.87. The Morgan fingerprint density at radius 2 is 2.06 bits per heavy atom. The van der Waals surface area contributed by atoms with Crippen LogP contribution in [-0.4, -0.2) is 9.97 Å². The van der Waals surface area contributed by atoms with Crippen LogP contribution in [0, 0.1) is 5.82 Å². The molecule has 18 heavy (non-hydrogen) atoms. The largest absolute Gasteiger partial charge is 0.368 e. The summed E-state index contributed by atoms with van der Waals surface area (Å²) in [5, 5.41) is 3.27. The molecular weight excluding hydrogens is 255 g/mol. The van der Waals surface area contributed by atoms with Crippen LogP contribution in [0.3, 0.4) is 0 Å². The van der Waals surface area contributed by atoms with Crippen LogP contribution < -0.4 is 11.1 Å². The van der Waals surface area contributed by atoms with Crippen molar-refractivity contribution in [3.8, 4) is 0 Å².